The number of nitrogens with one attached hydrogen (secondary N) is 1. The lowest BCUT2D eigenvalue weighted by atomic mass is 9.48. The van der Waals surface area contributed by atoms with Gasteiger partial charge in [-0.2, -0.15) is 31.4 Å². The molecule has 16 heteroatoms. The van der Waals surface area contributed by atoms with Gasteiger partial charge in [0, 0.05) is 16.5 Å². The summed E-state index contributed by atoms with van der Waals surface area (Å²) in [5.74, 6) is -10.9. The maximum Gasteiger partial charge on any atom is 0.416 e. The Morgan fingerprint density at radius 2 is 1.40 bits per heavy atom. The summed E-state index contributed by atoms with van der Waals surface area (Å²) < 4.78 is 97.9. The average molecular weight is 848 g/mol. The number of carbonyl (C=O) groups is 4. The first-order valence-electron chi connectivity index (χ1n) is 18.7. The number of aromatic hydroxyl groups is 1. The van der Waals surface area contributed by atoms with E-state index in [9.17, 15) is 50.2 Å². The van der Waals surface area contributed by atoms with E-state index in [1.165, 1.54) is 30.3 Å². The number of imide groups is 2. The number of fused-ring (bicyclic) bond motifs is 5. The first-order valence-corrected chi connectivity index (χ1v) is 19.0. The van der Waals surface area contributed by atoms with Crippen LogP contribution in [0.15, 0.2) is 115 Å². The van der Waals surface area contributed by atoms with Gasteiger partial charge in [0.05, 0.1) is 45.7 Å². The smallest absolute Gasteiger partial charge is 0.416 e. The van der Waals surface area contributed by atoms with Gasteiger partial charge in [-0.05, 0) is 95.8 Å². The highest BCUT2D eigenvalue weighted by atomic mass is 35.5. The molecule has 2 heterocycles. The fourth-order valence-electron chi connectivity index (χ4n) is 9.88. The summed E-state index contributed by atoms with van der Waals surface area (Å²) in [6.45, 7) is 0. The van der Waals surface area contributed by atoms with Crippen LogP contribution in [0.1, 0.15) is 41.0 Å². The van der Waals surface area contributed by atoms with Gasteiger partial charge >= 0.3 is 12.4 Å². The molecule has 2 aliphatic carbocycles. The Morgan fingerprint density at radius 1 is 0.750 bits per heavy atom. The number of benzene rings is 5. The second-order valence-corrected chi connectivity index (χ2v) is 15.8. The molecule has 306 valence electrons. The summed E-state index contributed by atoms with van der Waals surface area (Å²) in [6, 6.07) is 21.6. The molecule has 6 unspecified atom stereocenters. The van der Waals surface area contributed by atoms with Crippen molar-refractivity contribution in [1.82, 2.24) is 5.01 Å². The van der Waals surface area contributed by atoms with E-state index in [-0.39, 0.29) is 35.9 Å². The Labute approximate surface area is 340 Å². The van der Waals surface area contributed by atoms with Gasteiger partial charge in [-0.15, -0.1) is 0 Å². The number of nitrogens with zero attached hydrogens (tertiary/aromatic N) is 2. The molecule has 5 aromatic carbocycles. The number of phenolic OH excluding ortho intramolecular Hbond substituents is 1. The van der Waals surface area contributed by atoms with Gasteiger partial charge in [0.1, 0.15) is 11.6 Å². The Morgan fingerprint density at radius 3 is 2.05 bits per heavy atom. The van der Waals surface area contributed by atoms with Crippen LogP contribution in [0.5, 0.6) is 5.75 Å². The average Bonchev–Trinajstić information content (AvgIpc) is 3.59. The number of hydrogen-bond acceptors (Lipinski definition) is 6. The normalized spacial score (nSPS) is 25.3. The van der Waals surface area contributed by atoms with E-state index in [0.717, 1.165) is 17.1 Å². The minimum atomic E-state index is -5.27. The molecule has 2 aliphatic heterocycles. The number of allylic oxidation sites excluding steroid dienone is 2. The molecule has 0 aromatic heterocycles. The molecule has 1 saturated carbocycles. The number of hydrogen-bond donors (Lipinski definition) is 2. The van der Waals surface area contributed by atoms with Crippen LogP contribution in [-0.2, 0) is 36.9 Å². The maximum absolute atomic E-state index is 15.5. The van der Waals surface area contributed by atoms with Crippen LogP contribution < -0.4 is 10.3 Å². The van der Waals surface area contributed by atoms with Crippen LogP contribution in [0, 0.1) is 29.5 Å². The largest absolute Gasteiger partial charge is 0.508 e. The zero-order valence-corrected chi connectivity index (χ0v) is 31.4. The number of amides is 4. The summed E-state index contributed by atoms with van der Waals surface area (Å²) in [7, 11) is 0. The van der Waals surface area contributed by atoms with E-state index in [1.807, 2.05) is 0 Å². The number of carbonyl (C=O) groups excluding carboxylic acids is 4. The first kappa shape index (κ1) is 39.3. The molecule has 5 aromatic rings. The van der Waals surface area contributed by atoms with Crippen molar-refractivity contribution in [3.63, 3.8) is 0 Å². The minimum absolute atomic E-state index is 0.103. The van der Waals surface area contributed by atoms with Gasteiger partial charge in [-0.1, -0.05) is 65.7 Å². The highest BCUT2D eigenvalue weighted by Crippen LogP contribution is 2.65. The highest BCUT2D eigenvalue weighted by molar-refractivity contribution is 6.30. The summed E-state index contributed by atoms with van der Waals surface area (Å²) in [6.07, 6.45) is -9.41. The summed E-state index contributed by atoms with van der Waals surface area (Å²) in [5.41, 5.74) is -2.41. The Balaban J connectivity index is 1.26. The number of phenols is 1. The number of rotatable bonds is 5. The molecule has 9 rings (SSSR count). The number of anilines is 2. The molecule has 3 fully saturated rings. The molecular formula is C44H29ClF7N3O5. The van der Waals surface area contributed by atoms with Crippen LogP contribution in [0.25, 0.3) is 10.8 Å². The van der Waals surface area contributed by atoms with Crippen molar-refractivity contribution < 1.29 is 55.0 Å². The summed E-state index contributed by atoms with van der Waals surface area (Å²) >= 11 is 6.34. The van der Waals surface area contributed by atoms with Crippen LogP contribution in [0.3, 0.4) is 0 Å². The predicted molar refractivity (Wildman–Crippen MR) is 204 cm³/mol. The van der Waals surface area contributed by atoms with Gasteiger partial charge in [0.15, 0.2) is 0 Å². The quantitative estimate of drug-likeness (QED) is 0.104. The standard InChI is InChI=1S/C44H29ClF7N3O5/c45-25-8-6-22(7-9-25)42-33(39(58)55(41(42)60)53-27-12-10-26(46)11-13-27)20-32-30(37(42)36-29-4-2-1-3-21(29)5-16-34(36)56)14-15-31-35(32)40(59)54(38(31)57)28-18-23(43(47,48)49)17-24(19-28)44(50,51)52/h1-14,16-19,31-33,35,37,53,56H,15,20H2. The zero-order chi connectivity index (χ0) is 42.6. The minimum Gasteiger partial charge on any atom is -0.508 e. The van der Waals surface area contributed by atoms with Crippen molar-refractivity contribution in [2.45, 2.75) is 36.5 Å². The number of halogens is 8. The molecule has 0 bridgehead atoms. The third kappa shape index (κ3) is 5.87. The second kappa shape index (κ2) is 13.7. The van der Waals surface area contributed by atoms with E-state index >= 15 is 4.79 Å². The molecule has 60 heavy (non-hydrogen) atoms. The molecule has 8 nitrogen and oxygen atoms in total. The van der Waals surface area contributed by atoms with Gasteiger partial charge in [0.2, 0.25) is 11.8 Å². The molecule has 6 atom stereocenters. The molecule has 4 amide bonds. The third-order valence-electron chi connectivity index (χ3n) is 12.3. The fourth-order valence-corrected chi connectivity index (χ4v) is 10.0. The molecular weight excluding hydrogens is 819 g/mol. The lowest BCUT2D eigenvalue weighted by Crippen LogP contribution is -2.53. The van der Waals surface area contributed by atoms with E-state index in [2.05, 4.69) is 5.43 Å². The highest BCUT2D eigenvalue weighted by Gasteiger charge is 2.71. The van der Waals surface area contributed by atoms with Crippen molar-refractivity contribution in [2.24, 2.45) is 23.7 Å². The van der Waals surface area contributed by atoms with Crippen molar-refractivity contribution in [3.05, 3.63) is 148 Å². The number of hydrazine groups is 1. The molecule has 2 saturated heterocycles. The Kier molecular flexibility index (Phi) is 8.94. The zero-order valence-electron chi connectivity index (χ0n) is 30.7. The van der Waals surface area contributed by atoms with Crippen molar-refractivity contribution in [1.29, 1.82) is 0 Å². The van der Waals surface area contributed by atoms with Crippen LogP contribution in [-0.4, -0.2) is 33.7 Å². The fraction of sp³-hybridized carbons (Fsp3) is 0.227. The van der Waals surface area contributed by atoms with Crippen LogP contribution in [0.4, 0.5) is 42.1 Å². The third-order valence-corrected chi connectivity index (χ3v) is 12.6. The molecule has 0 spiro atoms. The monoisotopic (exact) mass is 847 g/mol. The molecule has 0 radical (unpaired) electrons. The molecule has 4 aliphatic rings. The maximum atomic E-state index is 15.5. The second-order valence-electron chi connectivity index (χ2n) is 15.4. The Bertz CT molecular complexity index is 2650. The van der Waals surface area contributed by atoms with Crippen molar-refractivity contribution in [2.75, 3.05) is 10.3 Å². The van der Waals surface area contributed by atoms with Crippen molar-refractivity contribution >= 4 is 57.4 Å². The van der Waals surface area contributed by atoms with Crippen LogP contribution >= 0.6 is 11.6 Å². The van der Waals surface area contributed by atoms with Gasteiger partial charge in [-0.3, -0.25) is 24.6 Å². The van der Waals surface area contributed by atoms with E-state index in [1.54, 1.807) is 48.5 Å². The molecule has 2 N–H and O–H groups in total. The predicted octanol–water partition coefficient (Wildman–Crippen LogP) is 9.56. The lowest BCUT2D eigenvalue weighted by Gasteiger charge is -2.51. The van der Waals surface area contributed by atoms with Gasteiger partial charge in [-0.25, -0.2) is 9.29 Å². The Hall–Kier alpha value is -6.22. The summed E-state index contributed by atoms with van der Waals surface area (Å²) in [5, 5.41) is 14.1. The van der Waals surface area contributed by atoms with Gasteiger partial charge < -0.3 is 5.11 Å². The van der Waals surface area contributed by atoms with Gasteiger partial charge in [0.25, 0.3) is 11.8 Å². The van der Waals surface area contributed by atoms with Crippen LogP contribution in [0.2, 0.25) is 5.02 Å². The SMILES string of the molecule is O=C1C2CC3C(=CCC4C(=O)N(c5cc(C(F)(F)F)cc(C(F)(F)F)c5)C(=O)C43)C(c3c(O)ccc4ccccc34)C2(c2ccc(Cl)cc2)C(=O)N1Nc1ccc(F)cc1. The first-order chi connectivity index (χ1) is 28.4. The number of alkyl halides is 6. The van der Waals surface area contributed by atoms with E-state index in [0.29, 0.717) is 44.0 Å². The van der Waals surface area contributed by atoms with E-state index in [4.69, 9.17) is 11.6 Å². The van der Waals surface area contributed by atoms with E-state index < -0.39 is 93.6 Å². The lowest BCUT2D eigenvalue weighted by molar-refractivity contribution is -0.143. The summed E-state index contributed by atoms with van der Waals surface area (Å²) in [4.78, 5) is 59.6. The van der Waals surface area contributed by atoms with Crippen molar-refractivity contribution in [3.8, 4) is 5.75 Å². The topological polar surface area (TPSA) is 107 Å².